The molecule has 1 amide bonds. The van der Waals surface area contributed by atoms with Gasteiger partial charge in [0.1, 0.15) is 5.82 Å². The van der Waals surface area contributed by atoms with Gasteiger partial charge in [-0.25, -0.2) is 12.8 Å². The predicted molar refractivity (Wildman–Crippen MR) is 118 cm³/mol. The summed E-state index contributed by atoms with van der Waals surface area (Å²) in [6.45, 7) is 4.00. The lowest BCUT2D eigenvalue weighted by Gasteiger charge is -2.23. The molecule has 5 nitrogen and oxygen atoms in total. The van der Waals surface area contributed by atoms with Gasteiger partial charge in [0.05, 0.1) is 18.5 Å². The van der Waals surface area contributed by atoms with Gasteiger partial charge in [0, 0.05) is 11.3 Å². The maximum Gasteiger partial charge on any atom is 0.255 e. The lowest BCUT2D eigenvalue weighted by atomic mass is 10.1. The van der Waals surface area contributed by atoms with Gasteiger partial charge in [0.25, 0.3) is 5.91 Å². The molecule has 0 aromatic heterocycles. The molecule has 7 heteroatoms. The van der Waals surface area contributed by atoms with E-state index in [9.17, 15) is 17.6 Å². The number of amides is 1. The third-order valence-corrected chi connectivity index (χ3v) is 5.68. The number of halogens is 1. The molecule has 0 unspecified atom stereocenters. The number of benzene rings is 3. The van der Waals surface area contributed by atoms with E-state index < -0.39 is 10.0 Å². The van der Waals surface area contributed by atoms with Crippen molar-refractivity contribution < 1.29 is 17.6 Å². The maximum atomic E-state index is 13.0. The Morgan fingerprint density at radius 3 is 2.03 bits per heavy atom. The number of carbonyl (C=O) groups is 1. The molecule has 3 rings (SSSR count). The fourth-order valence-electron chi connectivity index (χ4n) is 3.16. The summed E-state index contributed by atoms with van der Waals surface area (Å²) in [4.78, 5) is 12.4. The number of anilines is 2. The summed E-state index contributed by atoms with van der Waals surface area (Å²) >= 11 is 0. The van der Waals surface area contributed by atoms with Crippen LogP contribution < -0.4 is 9.62 Å². The van der Waals surface area contributed by atoms with Gasteiger partial charge in [-0.1, -0.05) is 18.2 Å². The van der Waals surface area contributed by atoms with Crippen LogP contribution in [-0.2, 0) is 16.6 Å². The first-order chi connectivity index (χ1) is 14.1. The van der Waals surface area contributed by atoms with Crippen LogP contribution in [0.25, 0.3) is 0 Å². The van der Waals surface area contributed by atoms with Crippen molar-refractivity contribution in [1.82, 2.24) is 0 Å². The molecule has 0 aliphatic carbocycles. The van der Waals surface area contributed by atoms with Crippen molar-refractivity contribution in [2.24, 2.45) is 0 Å². The van der Waals surface area contributed by atoms with Gasteiger partial charge in [0.15, 0.2) is 0 Å². The molecule has 0 radical (unpaired) electrons. The molecule has 0 bridgehead atoms. The molecule has 0 spiro atoms. The number of hydrogen-bond donors (Lipinski definition) is 1. The topological polar surface area (TPSA) is 66.5 Å². The average molecular weight is 427 g/mol. The highest BCUT2D eigenvalue weighted by atomic mass is 32.2. The zero-order valence-electron chi connectivity index (χ0n) is 17.0. The van der Waals surface area contributed by atoms with E-state index in [4.69, 9.17) is 0 Å². The van der Waals surface area contributed by atoms with Gasteiger partial charge in [-0.15, -0.1) is 0 Å². The lowest BCUT2D eigenvalue weighted by molar-refractivity contribution is 0.102. The monoisotopic (exact) mass is 426 g/mol. The van der Waals surface area contributed by atoms with Crippen LogP contribution in [0.3, 0.4) is 0 Å². The summed E-state index contributed by atoms with van der Waals surface area (Å²) in [6.07, 6.45) is 1.18. The molecular weight excluding hydrogens is 403 g/mol. The number of nitrogens with zero attached hydrogens (tertiary/aromatic N) is 1. The average Bonchev–Trinajstić information content (AvgIpc) is 2.66. The van der Waals surface area contributed by atoms with Crippen LogP contribution in [0.5, 0.6) is 0 Å². The van der Waals surface area contributed by atoms with Crippen molar-refractivity contribution in [3.63, 3.8) is 0 Å². The Hall–Kier alpha value is -3.19. The zero-order chi connectivity index (χ0) is 21.9. The predicted octanol–water partition coefficient (Wildman–Crippen LogP) is 4.66. The Labute approximate surface area is 176 Å². The second-order valence-corrected chi connectivity index (χ2v) is 9.18. The summed E-state index contributed by atoms with van der Waals surface area (Å²) in [7, 11) is -3.50. The quantitative estimate of drug-likeness (QED) is 0.623. The molecule has 0 saturated heterocycles. The van der Waals surface area contributed by atoms with Crippen LogP contribution in [0.15, 0.2) is 66.7 Å². The van der Waals surface area contributed by atoms with Crippen molar-refractivity contribution in [3.8, 4) is 0 Å². The molecule has 0 aliphatic heterocycles. The molecule has 1 N–H and O–H groups in total. The van der Waals surface area contributed by atoms with E-state index in [0.717, 1.165) is 16.7 Å². The molecule has 0 aliphatic rings. The molecule has 156 valence electrons. The largest absolute Gasteiger partial charge is 0.322 e. The Balaban J connectivity index is 1.78. The standard InChI is InChI=1S/C23H23FN2O3S/c1-16-12-17(2)14-22(13-16)26(30(3,28)29)15-18-4-6-19(7-5-18)23(27)25-21-10-8-20(24)9-11-21/h4-14H,15H2,1-3H3,(H,25,27). The first-order valence-electron chi connectivity index (χ1n) is 9.34. The third-order valence-electron chi connectivity index (χ3n) is 4.54. The highest BCUT2D eigenvalue weighted by Crippen LogP contribution is 2.24. The van der Waals surface area contributed by atoms with Gasteiger partial charge < -0.3 is 5.32 Å². The minimum Gasteiger partial charge on any atom is -0.322 e. The molecule has 3 aromatic rings. The Kier molecular flexibility index (Phi) is 6.22. The van der Waals surface area contributed by atoms with Crippen molar-refractivity contribution in [2.75, 3.05) is 15.9 Å². The first kappa shape index (κ1) is 21.5. The smallest absolute Gasteiger partial charge is 0.255 e. The van der Waals surface area contributed by atoms with E-state index in [1.54, 1.807) is 24.3 Å². The van der Waals surface area contributed by atoms with Crippen molar-refractivity contribution in [3.05, 3.63) is 94.8 Å². The second kappa shape index (κ2) is 8.67. The van der Waals surface area contributed by atoms with Crippen LogP contribution in [0.1, 0.15) is 27.0 Å². The van der Waals surface area contributed by atoms with Crippen LogP contribution in [0.2, 0.25) is 0 Å². The summed E-state index contributed by atoms with van der Waals surface area (Å²) < 4.78 is 39.1. The van der Waals surface area contributed by atoms with Crippen LogP contribution in [0.4, 0.5) is 15.8 Å². The molecule has 0 heterocycles. The summed E-state index contributed by atoms with van der Waals surface area (Å²) in [5.41, 5.74) is 4.22. The van der Waals surface area contributed by atoms with Crippen LogP contribution in [0, 0.1) is 19.7 Å². The van der Waals surface area contributed by atoms with E-state index in [1.165, 1.54) is 34.8 Å². The molecule has 3 aromatic carbocycles. The molecular formula is C23H23FN2O3S. The second-order valence-electron chi connectivity index (χ2n) is 7.27. The molecule has 0 saturated carbocycles. The normalized spacial score (nSPS) is 11.2. The van der Waals surface area contributed by atoms with Gasteiger partial charge in [-0.2, -0.15) is 0 Å². The maximum absolute atomic E-state index is 13.0. The van der Waals surface area contributed by atoms with E-state index in [1.807, 2.05) is 32.0 Å². The lowest BCUT2D eigenvalue weighted by Crippen LogP contribution is -2.29. The summed E-state index contributed by atoms with van der Waals surface area (Å²) in [6, 6.07) is 17.9. The van der Waals surface area contributed by atoms with Gasteiger partial charge in [-0.05, 0) is 79.1 Å². The van der Waals surface area contributed by atoms with Crippen molar-refractivity contribution in [1.29, 1.82) is 0 Å². The van der Waals surface area contributed by atoms with Gasteiger partial charge in [-0.3, -0.25) is 9.10 Å². The molecule has 0 fully saturated rings. The van der Waals surface area contributed by atoms with Crippen molar-refractivity contribution >= 4 is 27.3 Å². The Morgan fingerprint density at radius 1 is 0.933 bits per heavy atom. The Morgan fingerprint density at radius 2 is 1.50 bits per heavy atom. The minimum absolute atomic E-state index is 0.154. The number of sulfonamides is 1. The highest BCUT2D eigenvalue weighted by molar-refractivity contribution is 7.92. The van der Waals surface area contributed by atoms with E-state index in [0.29, 0.717) is 16.9 Å². The number of rotatable bonds is 6. The van der Waals surface area contributed by atoms with E-state index in [-0.39, 0.29) is 18.3 Å². The Bertz CT molecular complexity index is 1140. The van der Waals surface area contributed by atoms with E-state index >= 15 is 0 Å². The van der Waals surface area contributed by atoms with Crippen molar-refractivity contribution in [2.45, 2.75) is 20.4 Å². The first-order valence-corrected chi connectivity index (χ1v) is 11.2. The number of hydrogen-bond acceptors (Lipinski definition) is 3. The van der Waals surface area contributed by atoms with Gasteiger partial charge in [0.2, 0.25) is 10.0 Å². The molecule has 30 heavy (non-hydrogen) atoms. The van der Waals surface area contributed by atoms with Gasteiger partial charge >= 0.3 is 0 Å². The summed E-state index contributed by atoms with van der Waals surface area (Å²) in [5.74, 6) is -0.709. The SMILES string of the molecule is Cc1cc(C)cc(N(Cc2ccc(C(=O)Nc3ccc(F)cc3)cc2)S(C)(=O)=O)c1. The highest BCUT2D eigenvalue weighted by Gasteiger charge is 2.19. The number of nitrogens with one attached hydrogen (secondary N) is 1. The fraction of sp³-hybridized carbons (Fsp3) is 0.174. The fourth-order valence-corrected chi connectivity index (χ4v) is 4.03. The van der Waals surface area contributed by atoms with Crippen LogP contribution >= 0.6 is 0 Å². The number of carbonyl (C=O) groups excluding carboxylic acids is 1. The number of aryl methyl sites for hydroxylation is 2. The molecule has 0 atom stereocenters. The van der Waals surface area contributed by atoms with E-state index in [2.05, 4.69) is 5.32 Å². The third kappa shape index (κ3) is 5.45. The zero-order valence-corrected chi connectivity index (χ0v) is 17.8. The minimum atomic E-state index is -3.50. The van der Waals surface area contributed by atoms with Crippen LogP contribution in [-0.4, -0.2) is 20.6 Å². The summed E-state index contributed by atoms with van der Waals surface area (Å²) in [5, 5.41) is 2.70.